The zero-order chi connectivity index (χ0) is 10.8. The number of hydrogen-bond donors (Lipinski definition) is 1. The molecular weight excluding hydrogens is 196 g/mol. The Labute approximate surface area is 78.5 Å². The van der Waals surface area contributed by atoms with Gasteiger partial charge >= 0.3 is 23.7 Å². The van der Waals surface area contributed by atoms with E-state index in [0.717, 1.165) is 0 Å². The van der Waals surface area contributed by atoms with Crippen LogP contribution in [0.2, 0.25) is 0 Å². The maximum atomic E-state index is 11.2. The predicted molar refractivity (Wildman–Crippen MR) is 39.4 cm³/mol. The van der Waals surface area contributed by atoms with Crippen molar-refractivity contribution in [2.75, 3.05) is 13.2 Å². The molecule has 7 nitrogen and oxygen atoms in total. The SMILES string of the molecule is CCOC(=O)C1(C(=O)O)COC(=O)O1. The van der Waals surface area contributed by atoms with Crippen LogP contribution in [0.3, 0.4) is 0 Å². The topological polar surface area (TPSA) is 99.1 Å². The summed E-state index contributed by atoms with van der Waals surface area (Å²) >= 11 is 0. The average molecular weight is 204 g/mol. The molecule has 14 heavy (non-hydrogen) atoms. The van der Waals surface area contributed by atoms with E-state index in [0.29, 0.717) is 0 Å². The number of aliphatic carboxylic acids is 1. The van der Waals surface area contributed by atoms with E-state index in [2.05, 4.69) is 14.2 Å². The quantitative estimate of drug-likeness (QED) is 0.490. The van der Waals surface area contributed by atoms with Crippen LogP contribution in [0.25, 0.3) is 0 Å². The van der Waals surface area contributed by atoms with Crippen LogP contribution in [0.5, 0.6) is 0 Å². The van der Waals surface area contributed by atoms with Gasteiger partial charge in [0.1, 0.15) is 0 Å². The number of rotatable bonds is 3. The summed E-state index contributed by atoms with van der Waals surface area (Å²) in [5, 5.41) is 8.72. The zero-order valence-corrected chi connectivity index (χ0v) is 7.31. The number of esters is 1. The molecule has 1 saturated heterocycles. The summed E-state index contributed by atoms with van der Waals surface area (Å²) < 4.78 is 13.0. The van der Waals surface area contributed by atoms with Gasteiger partial charge in [0.15, 0.2) is 6.61 Å². The maximum Gasteiger partial charge on any atom is 0.510 e. The number of ether oxygens (including phenoxy) is 3. The number of carbonyl (C=O) groups is 3. The van der Waals surface area contributed by atoms with Gasteiger partial charge in [-0.1, -0.05) is 0 Å². The Kier molecular flexibility index (Phi) is 2.59. The van der Waals surface area contributed by atoms with Crippen molar-refractivity contribution >= 4 is 18.1 Å². The van der Waals surface area contributed by atoms with Crippen LogP contribution >= 0.6 is 0 Å². The van der Waals surface area contributed by atoms with Gasteiger partial charge in [-0.05, 0) is 6.92 Å². The lowest BCUT2D eigenvalue weighted by Crippen LogP contribution is -2.50. The van der Waals surface area contributed by atoms with E-state index in [1.54, 1.807) is 0 Å². The molecular formula is C7H8O7. The summed E-state index contributed by atoms with van der Waals surface area (Å²) in [5.41, 5.74) is -2.34. The zero-order valence-electron chi connectivity index (χ0n) is 7.31. The number of hydrogen-bond acceptors (Lipinski definition) is 6. The Hall–Kier alpha value is -1.79. The lowest BCUT2D eigenvalue weighted by molar-refractivity contribution is -0.175. The van der Waals surface area contributed by atoms with Crippen LogP contribution in [0.15, 0.2) is 0 Å². The van der Waals surface area contributed by atoms with Crippen LogP contribution < -0.4 is 0 Å². The normalized spacial score (nSPS) is 25.1. The summed E-state index contributed by atoms with van der Waals surface area (Å²) in [7, 11) is 0. The molecule has 1 unspecified atom stereocenters. The first-order chi connectivity index (χ1) is 6.53. The molecule has 1 fully saturated rings. The highest BCUT2D eigenvalue weighted by atomic mass is 16.8. The van der Waals surface area contributed by atoms with E-state index in [1.807, 2.05) is 0 Å². The molecule has 0 aromatic rings. The van der Waals surface area contributed by atoms with E-state index >= 15 is 0 Å². The fraction of sp³-hybridized carbons (Fsp3) is 0.571. The fourth-order valence-corrected chi connectivity index (χ4v) is 0.903. The Balaban J connectivity index is 2.88. The molecule has 1 rings (SSSR count). The van der Waals surface area contributed by atoms with Crippen molar-refractivity contribution in [2.45, 2.75) is 12.5 Å². The Morgan fingerprint density at radius 1 is 1.64 bits per heavy atom. The molecule has 0 bridgehead atoms. The minimum Gasteiger partial charge on any atom is -0.478 e. The average Bonchev–Trinajstić information content (AvgIpc) is 2.49. The minimum atomic E-state index is -2.34. The van der Waals surface area contributed by atoms with Crippen molar-refractivity contribution in [1.29, 1.82) is 0 Å². The summed E-state index contributed by atoms with van der Waals surface area (Å²) in [6.07, 6.45) is -1.19. The first-order valence-electron chi connectivity index (χ1n) is 3.79. The Morgan fingerprint density at radius 2 is 2.29 bits per heavy atom. The minimum absolute atomic E-state index is 0.00852. The summed E-state index contributed by atoms with van der Waals surface area (Å²) in [4.78, 5) is 32.5. The largest absolute Gasteiger partial charge is 0.510 e. The molecule has 0 amide bonds. The van der Waals surface area contributed by atoms with Gasteiger partial charge in [0.05, 0.1) is 6.61 Å². The standard InChI is InChI=1S/C7H8O7/c1-2-12-5(10)7(4(8)9)3-13-6(11)14-7/h2-3H2,1H3,(H,8,9). The molecule has 0 aromatic carbocycles. The Bertz CT molecular complexity index is 284. The lowest BCUT2D eigenvalue weighted by Gasteiger charge is -2.16. The molecule has 0 aromatic heterocycles. The second-order valence-corrected chi connectivity index (χ2v) is 2.49. The van der Waals surface area contributed by atoms with Crippen LogP contribution in [0.4, 0.5) is 4.79 Å². The second-order valence-electron chi connectivity index (χ2n) is 2.49. The summed E-state index contributed by atoms with van der Waals surface area (Å²) in [6.45, 7) is 0.830. The first-order valence-corrected chi connectivity index (χ1v) is 3.79. The van der Waals surface area contributed by atoms with Crippen molar-refractivity contribution in [1.82, 2.24) is 0 Å². The molecule has 7 heteroatoms. The Morgan fingerprint density at radius 3 is 2.64 bits per heavy atom. The maximum absolute atomic E-state index is 11.2. The first kappa shape index (κ1) is 10.3. The molecule has 1 aliphatic heterocycles. The molecule has 1 atom stereocenters. The molecule has 0 saturated carbocycles. The molecule has 0 aliphatic carbocycles. The van der Waals surface area contributed by atoms with E-state index in [9.17, 15) is 14.4 Å². The molecule has 1 heterocycles. The summed E-state index contributed by atoms with van der Waals surface area (Å²) in [5.74, 6) is -2.75. The second kappa shape index (κ2) is 3.52. The van der Waals surface area contributed by atoms with E-state index in [4.69, 9.17) is 5.11 Å². The predicted octanol–water partition coefficient (Wildman–Crippen LogP) is -0.460. The van der Waals surface area contributed by atoms with Crippen LogP contribution in [0.1, 0.15) is 6.92 Å². The number of cyclic esters (lactones) is 2. The van der Waals surface area contributed by atoms with E-state index < -0.39 is 30.3 Å². The molecule has 78 valence electrons. The van der Waals surface area contributed by atoms with E-state index in [1.165, 1.54) is 6.92 Å². The van der Waals surface area contributed by atoms with Crippen molar-refractivity contribution in [2.24, 2.45) is 0 Å². The monoisotopic (exact) mass is 204 g/mol. The summed E-state index contributed by atoms with van der Waals surface area (Å²) in [6, 6.07) is 0. The van der Waals surface area contributed by atoms with Gasteiger partial charge in [0, 0.05) is 0 Å². The molecule has 0 radical (unpaired) electrons. The number of carboxylic acid groups (broad SMARTS) is 1. The third kappa shape index (κ3) is 1.48. The van der Waals surface area contributed by atoms with Gasteiger partial charge in [0.2, 0.25) is 0 Å². The number of carboxylic acids is 1. The van der Waals surface area contributed by atoms with Crippen molar-refractivity contribution < 1.29 is 33.7 Å². The highest BCUT2D eigenvalue weighted by Crippen LogP contribution is 2.22. The third-order valence-electron chi connectivity index (χ3n) is 1.60. The van der Waals surface area contributed by atoms with Gasteiger partial charge < -0.3 is 19.3 Å². The van der Waals surface area contributed by atoms with Gasteiger partial charge in [-0.3, -0.25) is 0 Å². The smallest absolute Gasteiger partial charge is 0.478 e. The third-order valence-corrected chi connectivity index (χ3v) is 1.60. The molecule has 1 N–H and O–H groups in total. The van der Waals surface area contributed by atoms with Crippen molar-refractivity contribution in [3.63, 3.8) is 0 Å². The van der Waals surface area contributed by atoms with Gasteiger partial charge in [-0.2, -0.15) is 0 Å². The fourth-order valence-electron chi connectivity index (χ4n) is 0.903. The molecule has 0 spiro atoms. The van der Waals surface area contributed by atoms with Crippen LogP contribution in [-0.2, 0) is 23.8 Å². The molecule has 1 aliphatic rings. The van der Waals surface area contributed by atoms with Gasteiger partial charge in [-0.25, -0.2) is 14.4 Å². The lowest BCUT2D eigenvalue weighted by atomic mass is 10.1. The highest BCUT2D eigenvalue weighted by Gasteiger charge is 2.58. The number of carbonyl (C=O) groups excluding carboxylic acids is 2. The van der Waals surface area contributed by atoms with Gasteiger partial charge in [0.25, 0.3) is 0 Å². The van der Waals surface area contributed by atoms with Crippen LogP contribution in [-0.4, -0.2) is 42.0 Å². The van der Waals surface area contributed by atoms with E-state index in [-0.39, 0.29) is 6.61 Å². The van der Waals surface area contributed by atoms with Gasteiger partial charge in [-0.15, -0.1) is 0 Å². The van der Waals surface area contributed by atoms with Crippen molar-refractivity contribution in [3.05, 3.63) is 0 Å². The van der Waals surface area contributed by atoms with Crippen molar-refractivity contribution in [3.8, 4) is 0 Å². The van der Waals surface area contributed by atoms with Crippen LogP contribution in [0, 0.1) is 0 Å². The highest BCUT2D eigenvalue weighted by molar-refractivity contribution is 6.05.